The molecule has 0 spiro atoms. The molecule has 0 saturated carbocycles. The molecule has 2 aromatic heterocycles. The minimum absolute atomic E-state index is 0.0158. The van der Waals surface area contributed by atoms with Crippen molar-refractivity contribution in [2.45, 2.75) is 25.4 Å². The van der Waals surface area contributed by atoms with Crippen LogP contribution in [0, 0.1) is 5.92 Å². The van der Waals surface area contributed by atoms with Crippen molar-refractivity contribution in [3.8, 4) is 0 Å². The topological polar surface area (TPSA) is 99.1 Å². The van der Waals surface area contributed by atoms with Crippen molar-refractivity contribution in [1.29, 1.82) is 0 Å². The lowest BCUT2D eigenvalue weighted by molar-refractivity contribution is -0.0366. The van der Waals surface area contributed by atoms with Gasteiger partial charge in [0, 0.05) is 5.92 Å². The zero-order valence-corrected chi connectivity index (χ0v) is 11.3. The van der Waals surface area contributed by atoms with E-state index in [1.807, 2.05) is 0 Å². The first-order chi connectivity index (χ1) is 9.52. The largest absolute Gasteiger partial charge is 0.394 e. The number of imidazole rings is 1. The summed E-state index contributed by atoms with van der Waals surface area (Å²) in [5.74, 6) is -0.306. The summed E-state index contributed by atoms with van der Waals surface area (Å²) < 4.78 is 21.1. The Morgan fingerprint density at radius 3 is 2.95 bits per heavy atom. The first-order valence-electron chi connectivity index (χ1n) is 6.09. The van der Waals surface area contributed by atoms with Crippen LogP contribution in [0.3, 0.4) is 0 Å². The van der Waals surface area contributed by atoms with E-state index < -0.39 is 24.4 Å². The number of ether oxygens (including phenoxy) is 1. The van der Waals surface area contributed by atoms with Crippen LogP contribution in [0.2, 0.25) is 5.28 Å². The van der Waals surface area contributed by atoms with E-state index in [1.54, 1.807) is 11.5 Å². The molecular weight excluding hydrogens is 288 g/mol. The summed E-state index contributed by atoms with van der Waals surface area (Å²) >= 11 is 5.78. The predicted molar refractivity (Wildman–Crippen MR) is 69.8 cm³/mol. The second-order valence-corrected chi connectivity index (χ2v) is 5.09. The van der Waals surface area contributed by atoms with Crippen molar-refractivity contribution in [3.63, 3.8) is 0 Å². The lowest BCUT2D eigenvalue weighted by atomic mass is 10.0. The molecule has 0 aromatic carbocycles. The maximum atomic E-state index is 14.0. The highest BCUT2D eigenvalue weighted by Gasteiger charge is 2.43. The van der Waals surface area contributed by atoms with Gasteiger partial charge in [0.05, 0.1) is 12.9 Å². The summed E-state index contributed by atoms with van der Waals surface area (Å²) in [6.45, 7) is 1.31. The van der Waals surface area contributed by atoms with E-state index in [4.69, 9.17) is 27.2 Å². The molecule has 7 nitrogen and oxygen atoms in total. The first-order valence-corrected chi connectivity index (χ1v) is 6.46. The number of anilines is 1. The highest BCUT2D eigenvalue weighted by Crippen LogP contribution is 2.37. The number of nitrogens with two attached hydrogens (primary N) is 1. The van der Waals surface area contributed by atoms with Gasteiger partial charge in [0.25, 0.3) is 0 Å². The van der Waals surface area contributed by atoms with Crippen LogP contribution >= 0.6 is 11.6 Å². The molecule has 2 aromatic rings. The molecule has 0 aliphatic carbocycles. The van der Waals surface area contributed by atoms with E-state index in [-0.39, 0.29) is 17.7 Å². The normalized spacial score (nSPS) is 30.2. The Morgan fingerprint density at radius 2 is 2.30 bits per heavy atom. The number of nitrogen functional groups attached to an aromatic ring is 1. The summed E-state index contributed by atoms with van der Waals surface area (Å²) in [6, 6.07) is 0. The van der Waals surface area contributed by atoms with Gasteiger partial charge in [0.2, 0.25) is 5.28 Å². The average molecular weight is 301 g/mol. The van der Waals surface area contributed by atoms with Gasteiger partial charge in [0.15, 0.2) is 11.5 Å². The number of nitrogens with zero attached hydrogens (tertiary/aromatic N) is 4. The summed E-state index contributed by atoms with van der Waals surface area (Å²) in [6.07, 6.45) is -1.30. The molecule has 1 fully saturated rings. The SMILES string of the molecule is CC1C([18F])C(CO)OC1n1cnc2c(N)nc(Cl)nc21. The fourth-order valence-electron chi connectivity index (χ4n) is 2.43. The van der Waals surface area contributed by atoms with Crippen LogP contribution in [0.4, 0.5) is 10.2 Å². The van der Waals surface area contributed by atoms with Crippen LogP contribution in [-0.4, -0.2) is 43.5 Å². The van der Waals surface area contributed by atoms with Crippen molar-refractivity contribution < 1.29 is 14.2 Å². The molecule has 0 bridgehead atoms. The minimum Gasteiger partial charge on any atom is -0.394 e. The predicted octanol–water partition coefficient (Wildman–Crippen LogP) is 0.926. The van der Waals surface area contributed by atoms with E-state index in [0.29, 0.717) is 11.2 Å². The second-order valence-electron chi connectivity index (χ2n) is 4.75. The monoisotopic (exact) mass is 300 g/mol. The molecule has 3 N–H and O–H groups in total. The van der Waals surface area contributed by atoms with E-state index in [0.717, 1.165) is 0 Å². The highest BCUT2D eigenvalue weighted by atomic mass is 35.5. The number of rotatable bonds is 2. The van der Waals surface area contributed by atoms with Crippen LogP contribution in [0.1, 0.15) is 13.2 Å². The number of halogens is 2. The number of aliphatic hydroxyl groups excluding tert-OH is 1. The molecule has 3 heterocycles. The zero-order chi connectivity index (χ0) is 14.4. The van der Waals surface area contributed by atoms with Crippen molar-refractivity contribution in [1.82, 2.24) is 19.5 Å². The second kappa shape index (κ2) is 4.80. The standard InChI is InChI=1S/C11H13ClFN5O2/c1-4-6(13)5(2-19)20-10(4)18-3-15-7-8(14)16-11(12)17-9(7)18/h3-6,10,19H,2H2,1H3,(H2,14,16,17)/i13-1. The Labute approximate surface area is 118 Å². The van der Waals surface area contributed by atoms with E-state index in [9.17, 15) is 4.39 Å². The van der Waals surface area contributed by atoms with Crippen LogP contribution < -0.4 is 5.73 Å². The molecule has 3 rings (SSSR count). The Morgan fingerprint density at radius 1 is 1.55 bits per heavy atom. The van der Waals surface area contributed by atoms with Gasteiger partial charge in [-0.2, -0.15) is 9.97 Å². The number of hydrogen-bond donors (Lipinski definition) is 2. The van der Waals surface area contributed by atoms with Crippen LogP contribution in [0.15, 0.2) is 6.33 Å². The molecule has 0 radical (unpaired) electrons. The molecule has 4 atom stereocenters. The van der Waals surface area contributed by atoms with Gasteiger partial charge in [-0.15, -0.1) is 0 Å². The molecule has 1 aliphatic heterocycles. The van der Waals surface area contributed by atoms with Gasteiger partial charge in [-0.05, 0) is 11.6 Å². The van der Waals surface area contributed by atoms with E-state index in [2.05, 4.69) is 15.0 Å². The summed E-state index contributed by atoms with van der Waals surface area (Å²) in [5.41, 5.74) is 6.48. The molecule has 4 unspecified atom stereocenters. The highest BCUT2D eigenvalue weighted by molar-refractivity contribution is 6.28. The van der Waals surface area contributed by atoms with Crippen LogP contribution in [0.5, 0.6) is 0 Å². The summed E-state index contributed by atoms with van der Waals surface area (Å²) in [7, 11) is 0. The molecular formula is C11H13ClFN5O2. The number of aliphatic hydroxyl groups is 1. The fourth-order valence-corrected chi connectivity index (χ4v) is 2.60. The smallest absolute Gasteiger partial charge is 0.226 e. The van der Waals surface area contributed by atoms with Crippen molar-refractivity contribution in [2.75, 3.05) is 12.3 Å². The molecule has 1 aliphatic rings. The maximum absolute atomic E-state index is 14.0. The zero-order valence-electron chi connectivity index (χ0n) is 10.6. The Bertz CT molecular complexity index is 651. The maximum Gasteiger partial charge on any atom is 0.226 e. The minimum atomic E-state index is -1.27. The van der Waals surface area contributed by atoms with Crippen molar-refractivity contribution in [2.24, 2.45) is 5.92 Å². The number of aromatic nitrogens is 4. The van der Waals surface area contributed by atoms with Gasteiger partial charge in [0.1, 0.15) is 24.0 Å². The van der Waals surface area contributed by atoms with Gasteiger partial charge >= 0.3 is 0 Å². The lowest BCUT2D eigenvalue weighted by Gasteiger charge is -2.17. The van der Waals surface area contributed by atoms with E-state index >= 15 is 0 Å². The summed E-state index contributed by atoms with van der Waals surface area (Å²) in [4.78, 5) is 12.0. The lowest BCUT2D eigenvalue weighted by Crippen LogP contribution is -2.23. The van der Waals surface area contributed by atoms with Gasteiger partial charge < -0.3 is 15.6 Å². The Hall–Kier alpha value is -1.51. The molecule has 9 heteroatoms. The quantitative estimate of drug-likeness (QED) is 0.800. The van der Waals surface area contributed by atoms with Gasteiger partial charge in [-0.3, -0.25) is 4.57 Å². The van der Waals surface area contributed by atoms with Crippen LogP contribution in [-0.2, 0) is 4.74 Å². The number of alkyl halides is 1. The molecule has 0 amide bonds. The van der Waals surface area contributed by atoms with Crippen LogP contribution in [0.25, 0.3) is 11.2 Å². The van der Waals surface area contributed by atoms with Gasteiger partial charge in [-0.25, -0.2) is 9.37 Å². The number of fused-ring (bicyclic) bond motifs is 1. The third-order valence-electron chi connectivity index (χ3n) is 3.50. The van der Waals surface area contributed by atoms with Crippen molar-refractivity contribution >= 4 is 28.6 Å². The van der Waals surface area contributed by atoms with E-state index in [1.165, 1.54) is 6.33 Å². The summed E-state index contributed by atoms with van der Waals surface area (Å²) in [5, 5.41) is 9.10. The Balaban J connectivity index is 2.07. The molecule has 20 heavy (non-hydrogen) atoms. The Kier molecular flexibility index (Phi) is 3.23. The first kappa shape index (κ1) is 13.5. The third-order valence-corrected chi connectivity index (χ3v) is 3.67. The number of hydrogen-bond acceptors (Lipinski definition) is 6. The fraction of sp³-hybridized carbons (Fsp3) is 0.545. The molecule has 1 saturated heterocycles. The average Bonchev–Trinajstić information content (AvgIpc) is 2.93. The van der Waals surface area contributed by atoms with Crippen molar-refractivity contribution in [3.05, 3.63) is 11.6 Å². The van der Waals surface area contributed by atoms with Gasteiger partial charge in [-0.1, -0.05) is 6.92 Å². The third kappa shape index (κ3) is 1.91. The molecule has 108 valence electrons.